The Kier molecular flexibility index (Phi) is 6.96. The number of hydrogen-bond acceptors (Lipinski definition) is 4. The molecule has 0 saturated heterocycles. The summed E-state index contributed by atoms with van der Waals surface area (Å²) < 4.78 is 4.90. The maximum absolute atomic E-state index is 10.6. The van der Waals surface area contributed by atoms with Gasteiger partial charge in [0, 0.05) is 5.56 Å². The average Bonchev–Trinajstić information content (AvgIpc) is 2.29. The number of benzene rings is 1. The number of methoxy groups -OCH3 is 1. The van der Waals surface area contributed by atoms with Crippen LogP contribution in [0.25, 0.3) is 0 Å². The third kappa shape index (κ3) is 5.66. The molecule has 1 rings (SSSR count). The van der Waals surface area contributed by atoms with Gasteiger partial charge in [-0.1, -0.05) is 0 Å². The molecule has 0 radical (unpaired) electrons. The zero-order valence-corrected chi connectivity index (χ0v) is 8.51. The number of aliphatic hydroxyl groups excluding tert-OH is 2. The molecule has 15 heavy (non-hydrogen) atoms. The normalized spacial score (nSPS) is 8.73. The van der Waals surface area contributed by atoms with Crippen molar-refractivity contribution in [2.75, 3.05) is 20.3 Å². The van der Waals surface area contributed by atoms with E-state index in [0.717, 1.165) is 5.75 Å². The molecule has 5 nitrogen and oxygen atoms in total. The summed E-state index contributed by atoms with van der Waals surface area (Å²) in [5.41, 5.74) is 5.52. The number of aliphatic hydroxyl groups is 2. The first-order valence-corrected chi connectivity index (χ1v) is 4.31. The third-order valence-electron chi connectivity index (χ3n) is 1.47. The Labute approximate surface area is 88.1 Å². The van der Waals surface area contributed by atoms with Crippen molar-refractivity contribution < 1.29 is 19.7 Å². The fourth-order valence-electron chi connectivity index (χ4n) is 0.755. The van der Waals surface area contributed by atoms with Crippen LogP contribution in [0.4, 0.5) is 0 Å². The van der Waals surface area contributed by atoms with Crippen LogP contribution < -0.4 is 10.5 Å². The van der Waals surface area contributed by atoms with E-state index >= 15 is 0 Å². The van der Waals surface area contributed by atoms with Gasteiger partial charge in [-0.15, -0.1) is 0 Å². The van der Waals surface area contributed by atoms with Gasteiger partial charge in [0.15, 0.2) is 0 Å². The number of nitrogens with two attached hydrogens (primary N) is 1. The smallest absolute Gasteiger partial charge is 0.248 e. The van der Waals surface area contributed by atoms with Crippen molar-refractivity contribution in [3.63, 3.8) is 0 Å². The first-order valence-electron chi connectivity index (χ1n) is 4.31. The maximum Gasteiger partial charge on any atom is 0.248 e. The van der Waals surface area contributed by atoms with E-state index in [-0.39, 0.29) is 13.2 Å². The van der Waals surface area contributed by atoms with Gasteiger partial charge >= 0.3 is 0 Å². The van der Waals surface area contributed by atoms with Crippen LogP contribution in [0.5, 0.6) is 5.75 Å². The van der Waals surface area contributed by atoms with Gasteiger partial charge in [-0.25, -0.2) is 0 Å². The van der Waals surface area contributed by atoms with Crippen LogP contribution in [-0.4, -0.2) is 36.4 Å². The number of rotatable bonds is 3. The topological polar surface area (TPSA) is 92.8 Å². The van der Waals surface area contributed by atoms with E-state index in [1.165, 1.54) is 0 Å². The molecule has 1 aromatic carbocycles. The summed E-state index contributed by atoms with van der Waals surface area (Å²) >= 11 is 0. The Morgan fingerprint density at radius 1 is 1.27 bits per heavy atom. The predicted molar refractivity (Wildman–Crippen MR) is 55.7 cm³/mol. The molecule has 1 amide bonds. The SMILES string of the molecule is COc1ccc(C(N)=O)cc1.OCCO. The van der Waals surface area contributed by atoms with E-state index in [9.17, 15) is 4.79 Å². The molecule has 1 aromatic rings. The Hall–Kier alpha value is -1.59. The molecule has 0 aliphatic heterocycles. The van der Waals surface area contributed by atoms with E-state index in [4.69, 9.17) is 20.7 Å². The van der Waals surface area contributed by atoms with Gasteiger partial charge in [0.1, 0.15) is 5.75 Å². The first kappa shape index (κ1) is 13.4. The summed E-state index contributed by atoms with van der Waals surface area (Å²) in [6, 6.07) is 6.64. The monoisotopic (exact) mass is 213 g/mol. The third-order valence-corrected chi connectivity index (χ3v) is 1.47. The minimum atomic E-state index is -0.423. The highest BCUT2D eigenvalue weighted by atomic mass is 16.5. The van der Waals surface area contributed by atoms with E-state index in [1.54, 1.807) is 31.4 Å². The second-order valence-electron chi connectivity index (χ2n) is 2.54. The average molecular weight is 213 g/mol. The first-order chi connectivity index (χ1) is 7.15. The summed E-state index contributed by atoms with van der Waals surface area (Å²) in [6.07, 6.45) is 0. The number of hydrogen-bond donors (Lipinski definition) is 3. The molecule has 0 heterocycles. The van der Waals surface area contributed by atoms with Crippen molar-refractivity contribution in [2.45, 2.75) is 0 Å². The molecule has 0 saturated carbocycles. The Balaban J connectivity index is 0.000000423. The van der Waals surface area contributed by atoms with Crippen LogP contribution >= 0.6 is 0 Å². The number of amides is 1. The lowest BCUT2D eigenvalue weighted by Gasteiger charge is -1.98. The molecular weight excluding hydrogens is 198 g/mol. The highest BCUT2D eigenvalue weighted by molar-refractivity contribution is 5.92. The van der Waals surface area contributed by atoms with Crippen molar-refractivity contribution in [2.24, 2.45) is 5.73 Å². The molecule has 4 N–H and O–H groups in total. The lowest BCUT2D eigenvalue weighted by Crippen LogP contribution is -2.10. The standard InChI is InChI=1S/C8H9NO2.C2H6O2/c1-11-7-4-2-6(3-5-7)8(9)10;3-1-2-4/h2-5H,1H3,(H2,9,10);3-4H,1-2H2. The van der Waals surface area contributed by atoms with Gasteiger partial charge in [0.25, 0.3) is 0 Å². The summed E-state index contributed by atoms with van der Waals surface area (Å²) in [6.45, 7) is -0.250. The van der Waals surface area contributed by atoms with Gasteiger partial charge in [0.05, 0.1) is 20.3 Å². The largest absolute Gasteiger partial charge is 0.497 e. The minimum Gasteiger partial charge on any atom is -0.497 e. The number of ether oxygens (including phenoxy) is 1. The summed E-state index contributed by atoms with van der Waals surface area (Å²) in [4.78, 5) is 10.6. The Bertz CT molecular complexity index is 282. The molecule has 5 heteroatoms. The summed E-state index contributed by atoms with van der Waals surface area (Å²) in [5.74, 6) is 0.294. The van der Waals surface area contributed by atoms with Crippen LogP contribution in [0.1, 0.15) is 10.4 Å². The quantitative estimate of drug-likeness (QED) is 0.646. The number of primary amides is 1. The van der Waals surface area contributed by atoms with Crippen LogP contribution in [0.2, 0.25) is 0 Å². The fourth-order valence-corrected chi connectivity index (χ4v) is 0.755. The minimum absolute atomic E-state index is 0.125. The molecule has 0 atom stereocenters. The van der Waals surface area contributed by atoms with Crippen molar-refractivity contribution in [1.82, 2.24) is 0 Å². The zero-order chi connectivity index (χ0) is 11.7. The van der Waals surface area contributed by atoms with Crippen molar-refractivity contribution in [3.05, 3.63) is 29.8 Å². The molecule has 0 aliphatic carbocycles. The molecule has 0 fully saturated rings. The van der Waals surface area contributed by atoms with Crippen molar-refractivity contribution in [3.8, 4) is 5.75 Å². The van der Waals surface area contributed by atoms with Crippen molar-refractivity contribution in [1.29, 1.82) is 0 Å². The molecule has 0 aliphatic rings. The number of carbonyl (C=O) groups excluding carboxylic acids is 1. The Morgan fingerprint density at radius 2 is 1.73 bits per heavy atom. The van der Waals surface area contributed by atoms with Crippen molar-refractivity contribution >= 4 is 5.91 Å². The van der Waals surface area contributed by atoms with Gasteiger partial charge < -0.3 is 20.7 Å². The second kappa shape index (κ2) is 7.78. The molecule has 0 bridgehead atoms. The van der Waals surface area contributed by atoms with Gasteiger partial charge in [0.2, 0.25) is 5.91 Å². The van der Waals surface area contributed by atoms with Gasteiger partial charge in [-0.05, 0) is 24.3 Å². The lowest BCUT2D eigenvalue weighted by atomic mass is 10.2. The Morgan fingerprint density at radius 3 is 2.00 bits per heavy atom. The molecule has 84 valence electrons. The van der Waals surface area contributed by atoms with E-state index in [1.807, 2.05) is 0 Å². The fraction of sp³-hybridized carbons (Fsp3) is 0.300. The maximum atomic E-state index is 10.6. The lowest BCUT2D eigenvalue weighted by molar-refractivity contribution is 0.100. The number of carbonyl (C=O) groups is 1. The van der Waals surface area contributed by atoms with E-state index in [0.29, 0.717) is 5.56 Å². The van der Waals surface area contributed by atoms with E-state index < -0.39 is 5.91 Å². The highest BCUT2D eigenvalue weighted by Gasteiger charge is 1.98. The molecule has 0 spiro atoms. The highest BCUT2D eigenvalue weighted by Crippen LogP contribution is 2.10. The van der Waals surface area contributed by atoms with E-state index in [2.05, 4.69) is 0 Å². The predicted octanol–water partition coefficient (Wildman–Crippen LogP) is -0.235. The zero-order valence-electron chi connectivity index (χ0n) is 8.51. The molecular formula is C10H15NO4. The van der Waals surface area contributed by atoms with Crippen LogP contribution in [0.15, 0.2) is 24.3 Å². The molecule has 0 unspecified atom stereocenters. The van der Waals surface area contributed by atoms with Gasteiger partial charge in [-0.2, -0.15) is 0 Å². The summed E-state index contributed by atoms with van der Waals surface area (Å²) in [5, 5.41) is 15.2. The second-order valence-corrected chi connectivity index (χ2v) is 2.54. The van der Waals surface area contributed by atoms with Crippen LogP contribution in [0.3, 0.4) is 0 Å². The van der Waals surface area contributed by atoms with Gasteiger partial charge in [-0.3, -0.25) is 4.79 Å². The van der Waals surface area contributed by atoms with Crippen LogP contribution in [0, 0.1) is 0 Å². The molecule has 0 aromatic heterocycles. The summed E-state index contributed by atoms with van der Waals surface area (Å²) in [7, 11) is 1.57. The van der Waals surface area contributed by atoms with Crippen LogP contribution in [-0.2, 0) is 0 Å².